The second-order valence-electron chi connectivity index (χ2n) is 8.07. The minimum atomic E-state index is -0.960. The van der Waals surface area contributed by atoms with Crippen molar-refractivity contribution in [2.75, 3.05) is 6.61 Å². The van der Waals surface area contributed by atoms with Crippen LogP contribution in [0.4, 0.5) is 0 Å². The van der Waals surface area contributed by atoms with Gasteiger partial charge < -0.3 is 15.3 Å². The maximum absolute atomic E-state index is 11.4. The highest BCUT2D eigenvalue weighted by atomic mass is 16.4. The second kappa shape index (κ2) is 13.6. The highest BCUT2D eigenvalue weighted by Crippen LogP contribution is 2.27. The lowest BCUT2D eigenvalue weighted by Crippen LogP contribution is -2.00. The standard InChI is InChI=1S/C26H34O5/c27-18-10-8-6-4-2-1-3-5-7-9-11-22-19-23(26(30)31)16-17-24(22)20-12-14-21(15-13-20)25(28)29/h12-17,19,27H,1-11,18H2,(H,28,29)(H,30,31). The van der Waals surface area contributed by atoms with Crippen molar-refractivity contribution in [2.24, 2.45) is 0 Å². The van der Waals surface area contributed by atoms with Gasteiger partial charge in [-0.2, -0.15) is 0 Å². The van der Waals surface area contributed by atoms with Crippen molar-refractivity contribution in [2.45, 2.75) is 70.6 Å². The second-order valence-corrected chi connectivity index (χ2v) is 8.07. The zero-order valence-electron chi connectivity index (χ0n) is 18.2. The van der Waals surface area contributed by atoms with Crippen molar-refractivity contribution in [3.8, 4) is 11.1 Å². The predicted octanol–water partition coefficient (Wildman–Crippen LogP) is 6.19. The largest absolute Gasteiger partial charge is 0.478 e. The molecule has 3 N–H and O–H groups in total. The molecule has 2 aromatic rings. The zero-order chi connectivity index (χ0) is 22.5. The minimum absolute atomic E-state index is 0.237. The number of aliphatic hydroxyl groups is 1. The molecule has 0 aliphatic carbocycles. The first-order valence-electron chi connectivity index (χ1n) is 11.3. The lowest BCUT2D eigenvalue weighted by molar-refractivity contribution is 0.0686. The molecule has 2 aromatic carbocycles. The van der Waals surface area contributed by atoms with E-state index < -0.39 is 11.9 Å². The molecule has 0 aliphatic rings. The van der Waals surface area contributed by atoms with Crippen LogP contribution in [0.5, 0.6) is 0 Å². The SMILES string of the molecule is O=C(O)c1ccc(-c2ccc(C(=O)O)cc2CCCCCCCCCCCCO)cc1. The van der Waals surface area contributed by atoms with Crippen LogP contribution in [0.1, 0.15) is 90.5 Å². The number of hydrogen-bond donors (Lipinski definition) is 3. The Balaban J connectivity index is 1.87. The molecule has 31 heavy (non-hydrogen) atoms. The van der Waals surface area contributed by atoms with Crippen LogP contribution in [-0.4, -0.2) is 33.9 Å². The third-order valence-electron chi connectivity index (χ3n) is 5.65. The topological polar surface area (TPSA) is 94.8 Å². The number of carboxylic acids is 2. The summed E-state index contributed by atoms with van der Waals surface area (Å²) in [6, 6.07) is 11.9. The molecule has 0 radical (unpaired) electrons. The monoisotopic (exact) mass is 426 g/mol. The normalized spacial score (nSPS) is 10.9. The van der Waals surface area contributed by atoms with E-state index in [1.807, 2.05) is 6.07 Å². The Morgan fingerprint density at radius 3 is 1.61 bits per heavy atom. The zero-order valence-corrected chi connectivity index (χ0v) is 18.2. The lowest BCUT2D eigenvalue weighted by Gasteiger charge is -2.12. The number of benzene rings is 2. The van der Waals surface area contributed by atoms with Gasteiger partial charge >= 0.3 is 11.9 Å². The van der Waals surface area contributed by atoms with Gasteiger partial charge in [-0.1, -0.05) is 69.6 Å². The van der Waals surface area contributed by atoms with Gasteiger partial charge in [0, 0.05) is 6.61 Å². The average Bonchev–Trinajstić information content (AvgIpc) is 2.77. The van der Waals surface area contributed by atoms with E-state index in [4.69, 9.17) is 10.2 Å². The molecule has 168 valence electrons. The summed E-state index contributed by atoms with van der Waals surface area (Å²) in [6.45, 7) is 0.296. The van der Waals surface area contributed by atoms with Crippen LogP contribution in [0.15, 0.2) is 42.5 Å². The summed E-state index contributed by atoms with van der Waals surface area (Å²) >= 11 is 0. The third kappa shape index (κ3) is 8.54. The number of rotatable bonds is 15. The van der Waals surface area contributed by atoms with E-state index in [1.165, 1.54) is 38.5 Å². The number of aromatic carboxylic acids is 2. The van der Waals surface area contributed by atoms with Crippen molar-refractivity contribution in [1.29, 1.82) is 0 Å². The maximum atomic E-state index is 11.4. The number of aryl methyl sites for hydroxylation is 1. The molecule has 5 nitrogen and oxygen atoms in total. The fourth-order valence-electron chi connectivity index (χ4n) is 3.85. The van der Waals surface area contributed by atoms with Crippen molar-refractivity contribution >= 4 is 11.9 Å². The van der Waals surface area contributed by atoms with Gasteiger partial charge in [0.15, 0.2) is 0 Å². The summed E-state index contributed by atoms with van der Waals surface area (Å²) < 4.78 is 0. The Labute approximate surface area is 184 Å². The Kier molecular flexibility index (Phi) is 10.8. The number of unbranched alkanes of at least 4 members (excludes halogenated alkanes) is 9. The van der Waals surface area contributed by atoms with Gasteiger partial charge in [0.2, 0.25) is 0 Å². The van der Waals surface area contributed by atoms with E-state index in [0.29, 0.717) is 6.61 Å². The van der Waals surface area contributed by atoms with Crippen LogP contribution in [0, 0.1) is 0 Å². The van der Waals surface area contributed by atoms with Gasteiger partial charge in [0.25, 0.3) is 0 Å². The number of carboxylic acid groups (broad SMARTS) is 2. The smallest absolute Gasteiger partial charge is 0.335 e. The molecule has 0 saturated heterocycles. The lowest BCUT2D eigenvalue weighted by atomic mass is 9.93. The molecule has 2 rings (SSSR count). The fraction of sp³-hybridized carbons (Fsp3) is 0.462. The molecule has 0 bridgehead atoms. The Morgan fingerprint density at radius 1 is 0.613 bits per heavy atom. The van der Waals surface area contributed by atoms with Gasteiger partial charge in [0.1, 0.15) is 0 Å². The summed E-state index contributed by atoms with van der Waals surface area (Å²) in [6.07, 6.45) is 12.3. The Hall–Kier alpha value is -2.66. The first-order valence-corrected chi connectivity index (χ1v) is 11.3. The molecule has 0 spiro atoms. The molecule has 0 unspecified atom stereocenters. The molecule has 0 aliphatic heterocycles. The molecular weight excluding hydrogens is 392 g/mol. The number of hydrogen-bond acceptors (Lipinski definition) is 3. The summed E-state index contributed by atoms with van der Waals surface area (Å²) in [7, 11) is 0. The minimum Gasteiger partial charge on any atom is -0.478 e. The van der Waals surface area contributed by atoms with Gasteiger partial charge in [0.05, 0.1) is 11.1 Å². The molecule has 0 saturated carbocycles. The predicted molar refractivity (Wildman–Crippen MR) is 123 cm³/mol. The van der Waals surface area contributed by atoms with Crippen LogP contribution in [-0.2, 0) is 6.42 Å². The van der Waals surface area contributed by atoms with Crippen molar-refractivity contribution < 1.29 is 24.9 Å². The highest BCUT2D eigenvalue weighted by Gasteiger charge is 2.11. The quantitative estimate of drug-likeness (QED) is 0.295. The van der Waals surface area contributed by atoms with Crippen molar-refractivity contribution in [3.05, 3.63) is 59.2 Å². The molecular formula is C26H34O5. The highest BCUT2D eigenvalue weighted by molar-refractivity contribution is 5.90. The van der Waals surface area contributed by atoms with Crippen molar-refractivity contribution in [1.82, 2.24) is 0 Å². The molecule has 0 fully saturated rings. The molecule has 0 heterocycles. The van der Waals surface area contributed by atoms with Crippen molar-refractivity contribution in [3.63, 3.8) is 0 Å². The van der Waals surface area contributed by atoms with Gasteiger partial charge in [-0.25, -0.2) is 9.59 Å². The van der Waals surface area contributed by atoms with Gasteiger partial charge in [-0.3, -0.25) is 0 Å². The van der Waals surface area contributed by atoms with Crippen LogP contribution < -0.4 is 0 Å². The molecule has 0 aromatic heterocycles. The van der Waals surface area contributed by atoms with E-state index >= 15 is 0 Å². The van der Waals surface area contributed by atoms with Crippen LogP contribution in [0.25, 0.3) is 11.1 Å². The van der Waals surface area contributed by atoms with E-state index in [-0.39, 0.29) is 11.1 Å². The first-order chi connectivity index (χ1) is 15.0. The summed E-state index contributed by atoms with van der Waals surface area (Å²) in [5, 5.41) is 27.2. The van der Waals surface area contributed by atoms with Gasteiger partial charge in [-0.05, 0) is 60.2 Å². The number of carbonyl (C=O) groups is 2. The summed E-state index contributed by atoms with van der Waals surface area (Å²) in [5.41, 5.74) is 3.37. The van der Waals surface area contributed by atoms with Gasteiger partial charge in [-0.15, -0.1) is 0 Å². The summed E-state index contributed by atoms with van der Waals surface area (Å²) in [5.74, 6) is -1.90. The molecule has 0 atom stereocenters. The summed E-state index contributed by atoms with van der Waals surface area (Å²) in [4.78, 5) is 22.5. The Morgan fingerprint density at radius 2 is 1.10 bits per heavy atom. The van der Waals surface area contributed by atoms with E-state index in [1.54, 1.807) is 36.4 Å². The molecule has 5 heteroatoms. The van der Waals surface area contributed by atoms with Crippen LogP contribution >= 0.6 is 0 Å². The van der Waals surface area contributed by atoms with Crippen LogP contribution in [0.2, 0.25) is 0 Å². The molecule has 0 amide bonds. The third-order valence-corrected chi connectivity index (χ3v) is 5.65. The van der Waals surface area contributed by atoms with E-state index in [9.17, 15) is 14.7 Å². The van der Waals surface area contributed by atoms with E-state index in [2.05, 4.69) is 0 Å². The first kappa shape index (κ1) is 24.6. The Bertz CT molecular complexity index is 826. The fourth-order valence-corrected chi connectivity index (χ4v) is 3.85. The average molecular weight is 427 g/mol. The number of aliphatic hydroxyl groups excluding tert-OH is 1. The van der Waals surface area contributed by atoms with Crippen LogP contribution in [0.3, 0.4) is 0 Å². The van der Waals surface area contributed by atoms with E-state index in [0.717, 1.165) is 48.8 Å². The maximum Gasteiger partial charge on any atom is 0.335 e.